The number of aliphatic imine (C=N–C) groups is 1. The number of hydrogen-bond acceptors (Lipinski definition) is 1. The average molecular weight is 177 g/mol. The first-order valence-corrected chi connectivity index (χ1v) is 4.65. The molecule has 0 atom stereocenters. The molecule has 1 nitrogen and oxygen atoms in total. The topological polar surface area (TPSA) is 12.4 Å². The summed E-state index contributed by atoms with van der Waals surface area (Å²) in [4.78, 5) is 4.29. The van der Waals surface area contributed by atoms with Gasteiger partial charge >= 0.3 is 0 Å². The second kappa shape index (κ2) is 6.41. The van der Waals surface area contributed by atoms with Crippen LogP contribution in [0.4, 0.5) is 0 Å². The van der Waals surface area contributed by atoms with E-state index in [-0.39, 0.29) is 0 Å². The Bertz CT molecular complexity index is 254. The molecule has 0 fully saturated rings. The summed E-state index contributed by atoms with van der Waals surface area (Å²) in [7, 11) is 0. The second-order valence-electron chi connectivity index (χ2n) is 2.99. The van der Waals surface area contributed by atoms with Gasteiger partial charge in [0, 0.05) is 6.21 Å². The smallest absolute Gasteiger partial charge is 0.0653 e. The maximum Gasteiger partial charge on any atom is 0.0653 e. The standard InChI is InChI=1S/C12H19N/c1-6-8-9-12(13-7-2)11(5)10(3)4/h7-9H,3,6H2,1-2,4-5H3/b9-8-,12-11-,13-7-. The van der Waals surface area contributed by atoms with Crippen LogP contribution < -0.4 is 0 Å². The second-order valence-corrected chi connectivity index (χ2v) is 2.99. The lowest BCUT2D eigenvalue weighted by atomic mass is 10.1. The molecule has 72 valence electrons. The van der Waals surface area contributed by atoms with Crippen LogP contribution in [0.1, 0.15) is 34.1 Å². The van der Waals surface area contributed by atoms with E-state index < -0.39 is 0 Å². The van der Waals surface area contributed by atoms with Gasteiger partial charge in [-0.15, -0.1) is 0 Å². The average Bonchev–Trinajstić information content (AvgIpc) is 2.11. The van der Waals surface area contributed by atoms with E-state index in [4.69, 9.17) is 0 Å². The lowest BCUT2D eigenvalue weighted by molar-refractivity contribution is 1.19. The van der Waals surface area contributed by atoms with Crippen LogP contribution in [-0.4, -0.2) is 6.21 Å². The normalized spacial score (nSPS) is 13.8. The fourth-order valence-electron chi connectivity index (χ4n) is 0.852. The molecular weight excluding hydrogens is 158 g/mol. The lowest BCUT2D eigenvalue weighted by Crippen LogP contribution is -1.84. The minimum atomic E-state index is 1.01. The van der Waals surface area contributed by atoms with Gasteiger partial charge in [-0.05, 0) is 38.8 Å². The van der Waals surface area contributed by atoms with Crippen LogP contribution >= 0.6 is 0 Å². The summed E-state index contributed by atoms with van der Waals surface area (Å²) in [5.41, 5.74) is 3.24. The Balaban J connectivity index is 4.88. The van der Waals surface area contributed by atoms with Crippen LogP contribution in [0.15, 0.2) is 40.6 Å². The molecule has 0 aliphatic rings. The zero-order valence-corrected chi connectivity index (χ0v) is 9.09. The predicted molar refractivity (Wildman–Crippen MR) is 61.1 cm³/mol. The molecule has 0 bridgehead atoms. The van der Waals surface area contributed by atoms with E-state index in [1.165, 1.54) is 0 Å². The molecule has 0 aliphatic carbocycles. The molecule has 0 N–H and O–H groups in total. The van der Waals surface area contributed by atoms with Crippen molar-refractivity contribution in [3.05, 3.63) is 35.6 Å². The minimum Gasteiger partial charge on any atom is -0.261 e. The minimum absolute atomic E-state index is 1.01. The van der Waals surface area contributed by atoms with E-state index in [2.05, 4.69) is 24.6 Å². The highest BCUT2D eigenvalue weighted by atomic mass is 14.7. The van der Waals surface area contributed by atoms with E-state index >= 15 is 0 Å². The van der Waals surface area contributed by atoms with Crippen molar-refractivity contribution in [3.8, 4) is 0 Å². The summed E-state index contributed by atoms with van der Waals surface area (Å²) >= 11 is 0. The van der Waals surface area contributed by atoms with E-state index in [1.807, 2.05) is 33.1 Å². The van der Waals surface area contributed by atoms with Crippen molar-refractivity contribution >= 4 is 6.21 Å². The van der Waals surface area contributed by atoms with Gasteiger partial charge in [0.15, 0.2) is 0 Å². The van der Waals surface area contributed by atoms with Crippen molar-refractivity contribution < 1.29 is 0 Å². The van der Waals surface area contributed by atoms with E-state index in [9.17, 15) is 0 Å². The van der Waals surface area contributed by atoms with E-state index in [0.717, 1.165) is 23.3 Å². The SMILES string of the molecule is C=C(C)/C(C)=C(/C=C\CC)\N=C/C. The summed E-state index contributed by atoms with van der Waals surface area (Å²) in [5, 5.41) is 0. The number of allylic oxidation sites excluding steroid dienone is 4. The van der Waals surface area contributed by atoms with Crippen LogP contribution in [0.25, 0.3) is 0 Å². The summed E-state index contributed by atoms with van der Waals surface area (Å²) < 4.78 is 0. The largest absolute Gasteiger partial charge is 0.261 e. The molecule has 0 aromatic heterocycles. The maximum absolute atomic E-state index is 4.29. The monoisotopic (exact) mass is 177 g/mol. The lowest BCUT2D eigenvalue weighted by Gasteiger charge is -2.02. The summed E-state index contributed by atoms with van der Waals surface area (Å²) in [6.07, 6.45) is 6.99. The van der Waals surface area contributed by atoms with Crippen molar-refractivity contribution in [1.82, 2.24) is 0 Å². The van der Waals surface area contributed by atoms with Gasteiger partial charge < -0.3 is 0 Å². The molecule has 0 aromatic carbocycles. The molecule has 0 saturated heterocycles. The van der Waals surface area contributed by atoms with Gasteiger partial charge in [0.25, 0.3) is 0 Å². The molecule has 0 aliphatic heterocycles. The molecule has 0 spiro atoms. The number of hydrogen-bond donors (Lipinski definition) is 0. The molecule has 0 unspecified atom stereocenters. The molecular formula is C12H19N. The molecule has 0 radical (unpaired) electrons. The van der Waals surface area contributed by atoms with Gasteiger partial charge in [-0.1, -0.05) is 25.2 Å². The van der Waals surface area contributed by atoms with E-state index in [0.29, 0.717) is 0 Å². The van der Waals surface area contributed by atoms with Gasteiger partial charge in [-0.25, -0.2) is 0 Å². The molecule has 0 saturated carbocycles. The van der Waals surface area contributed by atoms with Crippen molar-refractivity contribution in [1.29, 1.82) is 0 Å². The van der Waals surface area contributed by atoms with Gasteiger partial charge in [0.1, 0.15) is 0 Å². The van der Waals surface area contributed by atoms with Crippen LogP contribution in [0.2, 0.25) is 0 Å². The summed E-state index contributed by atoms with van der Waals surface area (Å²) in [6, 6.07) is 0. The Morgan fingerprint density at radius 2 is 2.00 bits per heavy atom. The first-order chi connectivity index (χ1) is 6.13. The third kappa shape index (κ3) is 4.46. The Kier molecular flexibility index (Phi) is 5.86. The maximum atomic E-state index is 4.29. The highest BCUT2D eigenvalue weighted by Crippen LogP contribution is 2.14. The number of rotatable bonds is 4. The molecule has 0 rings (SSSR count). The summed E-state index contributed by atoms with van der Waals surface area (Å²) in [5.74, 6) is 0. The Hall–Kier alpha value is -1.11. The highest BCUT2D eigenvalue weighted by Gasteiger charge is 1.96. The Morgan fingerprint density at radius 3 is 2.38 bits per heavy atom. The van der Waals surface area contributed by atoms with Crippen molar-refractivity contribution in [2.75, 3.05) is 0 Å². The molecule has 13 heavy (non-hydrogen) atoms. The van der Waals surface area contributed by atoms with Crippen LogP contribution in [-0.2, 0) is 0 Å². The third-order valence-electron chi connectivity index (χ3n) is 1.80. The van der Waals surface area contributed by atoms with Gasteiger partial charge in [-0.2, -0.15) is 0 Å². The van der Waals surface area contributed by atoms with Crippen LogP contribution in [0.3, 0.4) is 0 Å². The summed E-state index contributed by atoms with van der Waals surface area (Å²) in [6.45, 7) is 12.0. The zero-order chi connectivity index (χ0) is 10.3. The van der Waals surface area contributed by atoms with Crippen molar-refractivity contribution in [3.63, 3.8) is 0 Å². The fourth-order valence-corrected chi connectivity index (χ4v) is 0.852. The Morgan fingerprint density at radius 1 is 1.38 bits per heavy atom. The quantitative estimate of drug-likeness (QED) is 0.456. The molecule has 0 amide bonds. The predicted octanol–water partition coefficient (Wildman–Crippen LogP) is 3.89. The first kappa shape index (κ1) is 11.9. The highest BCUT2D eigenvalue weighted by molar-refractivity contribution is 5.57. The van der Waals surface area contributed by atoms with Gasteiger partial charge in [-0.3, -0.25) is 4.99 Å². The first-order valence-electron chi connectivity index (χ1n) is 4.65. The molecule has 0 heterocycles. The van der Waals surface area contributed by atoms with Gasteiger partial charge in [0.05, 0.1) is 5.70 Å². The molecule has 1 heteroatoms. The van der Waals surface area contributed by atoms with Crippen molar-refractivity contribution in [2.45, 2.75) is 34.1 Å². The van der Waals surface area contributed by atoms with E-state index in [1.54, 1.807) is 0 Å². The third-order valence-corrected chi connectivity index (χ3v) is 1.80. The molecule has 0 aromatic rings. The fraction of sp³-hybridized carbons (Fsp3) is 0.417. The number of nitrogens with zero attached hydrogens (tertiary/aromatic N) is 1. The van der Waals surface area contributed by atoms with Gasteiger partial charge in [0.2, 0.25) is 0 Å². The Labute approximate surface area is 81.6 Å². The van der Waals surface area contributed by atoms with Crippen molar-refractivity contribution in [2.24, 2.45) is 4.99 Å². The zero-order valence-electron chi connectivity index (χ0n) is 9.09. The van der Waals surface area contributed by atoms with Crippen LogP contribution in [0, 0.1) is 0 Å². The van der Waals surface area contributed by atoms with Crippen LogP contribution in [0.5, 0.6) is 0 Å².